The third-order valence-electron chi connectivity index (χ3n) is 13.2. The van der Waals surface area contributed by atoms with Gasteiger partial charge in [-0.1, -0.05) is 182 Å². The number of hydrogen-bond acceptors (Lipinski definition) is 2. The fourth-order valence-corrected chi connectivity index (χ4v) is 10.2. The number of anilines is 3. The molecule has 0 atom stereocenters. The van der Waals surface area contributed by atoms with Crippen molar-refractivity contribution in [2.75, 3.05) is 4.90 Å². The third kappa shape index (κ3) is 5.97. The fourth-order valence-electron chi connectivity index (χ4n) is 10.2. The van der Waals surface area contributed by atoms with E-state index in [4.69, 9.17) is 4.42 Å². The van der Waals surface area contributed by atoms with Crippen LogP contribution in [0, 0.1) is 0 Å². The zero-order valence-corrected chi connectivity index (χ0v) is 35.4. The van der Waals surface area contributed by atoms with Crippen molar-refractivity contribution in [2.45, 2.75) is 0 Å². The van der Waals surface area contributed by atoms with E-state index in [0.717, 1.165) is 72.4 Å². The number of hydrogen-bond donors (Lipinski definition) is 0. The number of fused-ring (bicyclic) bond motifs is 8. The quantitative estimate of drug-likeness (QED) is 0.160. The summed E-state index contributed by atoms with van der Waals surface area (Å²) in [5.74, 6) is 0. The summed E-state index contributed by atoms with van der Waals surface area (Å²) in [6.07, 6.45) is 0. The predicted octanol–water partition coefficient (Wildman–Crippen LogP) is 17.5. The molecule has 0 fully saturated rings. The average molecular weight is 829 g/mol. The van der Waals surface area contributed by atoms with Crippen molar-refractivity contribution in [1.29, 1.82) is 0 Å². The van der Waals surface area contributed by atoms with Crippen molar-refractivity contribution in [3.05, 3.63) is 243 Å². The molecule has 0 saturated heterocycles. The number of nitrogens with zero attached hydrogens (tertiary/aromatic N) is 2. The number of furan rings is 1. The molecule has 3 nitrogen and oxygen atoms in total. The van der Waals surface area contributed by atoms with Gasteiger partial charge >= 0.3 is 0 Å². The second-order valence-electron chi connectivity index (χ2n) is 16.8. The summed E-state index contributed by atoms with van der Waals surface area (Å²) in [7, 11) is 0. The van der Waals surface area contributed by atoms with Crippen LogP contribution >= 0.6 is 0 Å². The zero-order chi connectivity index (χ0) is 42.8. The minimum Gasteiger partial charge on any atom is -0.455 e. The Morgan fingerprint density at radius 1 is 0.323 bits per heavy atom. The van der Waals surface area contributed by atoms with Gasteiger partial charge in [-0.15, -0.1) is 0 Å². The Balaban J connectivity index is 1.03. The Bertz CT molecular complexity index is 3920. The molecule has 0 N–H and O–H groups in total. The molecule has 304 valence electrons. The molecule has 0 amide bonds. The summed E-state index contributed by atoms with van der Waals surface area (Å²) in [4.78, 5) is 2.45. The molecule has 65 heavy (non-hydrogen) atoms. The van der Waals surface area contributed by atoms with E-state index in [9.17, 15) is 0 Å². The Kier molecular flexibility index (Phi) is 8.53. The van der Waals surface area contributed by atoms with Crippen LogP contribution in [-0.4, -0.2) is 4.57 Å². The average Bonchev–Trinajstić information content (AvgIpc) is 3.94. The molecule has 0 bridgehead atoms. The molecule has 0 aliphatic heterocycles. The molecule has 0 aliphatic carbocycles. The van der Waals surface area contributed by atoms with E-state index in [2.05, 4.69) is 252 Å². The molecule has 2 heterocycles. The minimum atomic E-state index is 0.859. The van der Waals surface area contributed by atoms with E-state index in [1.807, 2.05) is 0 Å². The predicted molar refractivity (Wildman–Crippen MR) is 274 cm³/mol. The normalized spacial score (nSPS) is 11.7. The zero-order valence-electron chi connectivity index (χ0n) is 35.4. The summed E-state index contributed by atoms with van der Waals surface area (Å²) >= 11 is 0. The van der Waals surface area contributed by atoms with Crippen LogP contribution in [-0.2, 0) is 0 Å². The van der Waals surface area contributed by atoms with Gasteiger partial charge in [-0.05, 0) is 110 Å². The summed E-state index contributed by atoms with van der Waals surface area (Å²) in [5, 5.41) is 9.42. The van der Waals surface area contributed by atoms with Crippen LogP contribution in [0.25, 0.3) is 104 Å². The van der Waals surface area contributed by atoms with Gasteiger partial charge in [0, 0.05) is 33.1 Å². The highest BCUT2D eigenvalue weighted by Gasteiger charge is 2.26. The van der Waals surface area contributed by atoms with Crippen LogP contribution in [0.15, 0.2) is 247 Å². The lowest BCUT2D eigenvalue weighted by Crippen LogP contribution is -2.11. The van der Waals surface area contributed by atoms with E-state index in [-0.39, 0.29) is 0 Å². The van der Waals surface area contributed by atoms with E-state index in [0.29, 0.717) is 0 Å². The molecular formula is C62H40N2O. The van der Waals surface area contributed by atoms with Crippen LogP contribution in [0.4, 0.5) is 17.1 Å². The topological polar surface area (TPSA) is 21.3 Å². The maximum Gasteiger partial charge on any atom is 0.145 e. The molecule has 0 aliphatic rings. The van der Waals surface area contributed by atoms with Crippen molar-refractivity contribution >= 4 is 82.4 Å². The van der Waals surface area contributed by atoms with Gasteiger partial charge in [-0.2, -0.15) is 0 Å². The van der Waals surface area contributed by atoms with Gasteiger partial charge in [0.15, 0.2) is 0 Å². The number of rotatable bonds is 7. The van der Waals surface area contributed by atoms with Crippen LogP contribution in [0.1, 0.15) is 0 Å². The number of aromatic nitrogens is 1. The van der Waals surface area contributed by atoms with Gasteiger partial charge in [0.05, 0.1) is 27.8 Å². The van der Waals surface area contributed by atoms with Crippen molar-refractivity contribution in [3.8, 4) is 39.1 Å². The minimum absolute atomic E-state index is 0.859. The van der Waals surface area contributed by atoms with Crippen LogP contribution in [0.2, 0.25) is 0 Å². The SMILES string of the molecule is c1ccc(-n2c3ccccc3c3c(N(c4ccc(-c5ccc(-c6cccc7ccccc67)cc5)cc4)c4ccc(-c5cccc6ccccc56)c5oc6ccccc6c45)cccc32)cc1. The maximum absolute atomic E-state index is 6.98. The molecule has 11 aromatic carbocycles. The molecule has 13 aromatic rings. The molecule has 0 unspecified atom stereocenters. The standard InChI is InChI=1S/C62H40N2O/c1-2-19-46(20-3-1)63-55-27-10-8-23-53(55)60-56(63)28-14-29-57(60)64(47-37-35-42(36-38-47)41-31-33-45(34-32-41)49-25-12-17-43-15-4-6-21-48(43)49)58-40-39-52(51-26-13-18-44-16-5-7-22-50(44)51)62-61(58)54-24-9-11-30-59(54)65-62/h1-40H. The van der Waals surface area contributed by atoms with Crippen LogP contribution in [0.3, 0.4) is 0 Å². The smallest absolute Gasteiger partial charge is 0.145 e. The number of benzene rings is 11. The largest absolute Gasteiger partial charge is 0.455 e. The van der Waals surface area contributed by atoms with E-state index >= 15 is 0 Å². The molecule has 2 aromatic heterocycles. The third-order valence-corrected chi connectivity index (χ3v) is 13.2. The lowest BCUT2D eigenvalue weighted by Gasteiger charge is -2.28. The summed E-state index contributed by atoms with van der Waals surface area (Å²) in [6, 6.07) is 87.6. The lowest BCUT2D eigenvalue weighted by molar-refractivity contribution is 0.670. The van der Waals surface area contributed by atoms with E-state index in [1.165, 1.54) is 49.0 Å². The van der Waals surface area contributed by atoms with Gasteiger partial charge < -0.3 is 13.9 Å². The van der Waals surface area contributed by atoms with Crippen molar-refractivity contribution in [3.63, 3.8) is 0 Å². The highest BCUT2D eigenvalue weighted by atomic mass is 16.3. The van der Waals surface area contributed by atoms with Gasteiger partial charge in [0.25, 0.3) is 0 Å². The summed E-state index contributed by atoms with van der Waals surface area (Å²) < 4.78 is 9.37. The summed E-state index contributed by atoms with van der Waals surface area (Å²) in [5.41, 5.74) is 15.3. The first kappa shape index (κ1) is 36.9. The first-order valence-electron chi connectivity index (χ1n) is 22.3. The molecule has 3 heteroatoms. The first-order chi connectivity index (χ1) is 32.3. The van der Waals surface area contributed by atoms with E-state index < -0.39 is 0 Å². The van der Waals surface area contributed by atoms with Crippen LogP contribution in [0.5, 0.6) is 0 Å². The molecule has 0 saturated carbocycles. The van der Waals surface area contributed by atoms with E-state index in [1.54, 1.807) is 0 Å². The Morgan fingerprint density at radius 2 is 0.862 bits per heavy atom. The maximum atomic E-state index is 6.98. The molecule has 13 rings (SSSR count). The highest BCUT2D eigenvalue weighted by molar-refractivity contribution is 6.21. The molecule has 0 spiro atoms. The fraction of sp³-hybridized carbons (Fsp3) is 0. The van der Waals surface area contributed by atoms with Crippen molar-refractivity contribution in [1.82, 2.24) is 4.57 Å². The van der Waals surface area contributed by atoms with Gasteiger partial charge in [-0.3, -0.25) is 0 Å². The second-order valence-corrected chi connectivity index (χ2v) is 16.8. The van der Waals surface area contributed by atoms with Gasteiger partial charge in [0.2, 0.25) is 0 Å². The molecular weight excluding hydrogens is 789 g/mol. The van der Waals surface area contributed by atoms with Crippen molar-refractivity contribution in [2.24, 2.45) is 0 Å². The van der Waals surface area contributed by atoms with Crippen LogP contribution < -0.4 is 4.90 Å². The van der Waals surface area contributed by atoms with Crippen molar-refractivity contribution < 1.29 is 4.42 Å². The lowest BCUT2D eigenvalue weighted by atomic mass is 9.95. The molecule has 0 radical (unpaired) electrons. The Labute approximate surface area is 376 Å². The van der Waals surface area contributed by atoms with Gasteiger partial charge in [0.1, 0.15) is 11.2 Å². The second kappa shape index (κ2) is 15.0. The monoisotopic (exact) mass is 828 g/mol. The Hall–Kier alpha value is -8.66. The number of para-hydroxylation sites is 3. The first-order valence-corrected chi connectivity index (χ1v) is 22.3. The summed E-state index contributed by atoms with van der Waals surface area (Å²) in [6.45, 7) is 0. The highest BCUT2D eigenvalue weighted by Crippen LogP contribution is 2.50. The van der Waals surface area contributed by atoms with Gasteiger partial charge in [-0.25, -0.2) is 0 Å². The Morgan fingerprint density at radius 3 is 1.62 bits per heavy atom.